The Kier molecular flexibility index (Phi) is 7.16. The van der Waals surface area contributed by atoms with Crippen LogP contribution in [-0.4, -0.2) is 68.9 Å². The van der Waals surface area contributed by atoms with Crippen molar-refractivity contribution in [3.63, 3.8) is 0 Å². The Hall–Kier alpha value is -1.10. The third-order valence-electron chi connectivity index (χ3n) is 4.40. The van der Waals surface area contributed by atoms with Gasteiger partial charge in [-0.15, -0.1) is 0 Å². The third kappa shape index (κ3) is 5.27. The van der Waals surface area contributed by atoms with E-state index < -0.39 is 0 Å². The first kappa shape index (κ1) is 17.3. The molecule has 1 saturated heterocycles. The number of rotatable bonds is 8. The van der Waals surface area contributed by atoms with Crippen molar-refractivity contribution < 1.29 is 9.47 Å². The minimum Gasteiger partial charge on any atom is -0.493 e. The minimum atomic E-state index is 0.612. The normalized spacial score (nSPS) is 20.2. The van der Waals surface area contributed by atoms with Crippen LogP contribution < -0.4 is 4.74 Å². The maximum Gasteiger partial charge on any atom is 0.122 e. The average molecular weight is 306 g/mol. The molecule has 22 heavy (non-hydrogen) atoms. The highest BCUT2D eigenvalue weighted by molar-refractivity contribution is 5.31. The van der Waals surface area contributed by atoms with E-state index in [4.69, 9.17) is 9.47 Å². The molecule has 4 heteroatoms. The Balaban J connectivity index is 1.63. The number of hydrogen-bond donors (Lipinski definition) is 0. The Labute approximate surface area is 135 Å². The molecule has 1 atom stereocenters. The lowest BCUT2D eigenvalue weighted by atomic mass is 10.2. The van der Waals surface area contributed by atoms with Crippen molar-refractivity contribution in [1.29, 1.82) is 0 Å². The highest BCUT2D eigenvalue weighted by Gasteiger charge is 2.22. The van der Waals surface area contributed by atoms with Crippen LogP contribution in [0.3, 0.4) is 0 Å². The van der Waals surface area contributed by atoms with Gasteiger partial charge in [-0.25, -0.2) is 0 Å². The van der Waals surface area contributed by atoms with Crippen LogP contribution in [0.1, 0.15) is 18.9 Å². The van der Waals surface area contributed by atoms with Crippen molar-refractivity contribution in [2.45, 2.75) is 26.3 Å². The van der Waals surface area contributed by atoms with E-state index in [0.717, 1.165) is 58.1 Å². The second kappa shape index (κ2) is 9.13. The van der Waals surface area contributed by atoms with Crippen LogP contribution in [0.2, 0.25) is 0 Å². The summed E-state index contributed by atoms with van der Waals surface area (Å²) in [4.78, 5) is 5.07. The molecule has 0 spiro atoms. The summed E-state index contributed by atoms with van der Waals surface area (Å²) in [6, 6.07) is 8.83. The molecule has 0 aromatic heterocycles. The van der Waals surface area contributed by atoms with Gasteiger partial charge in [0.05, 0.1) is 13.2 Å². The summed E-state index contributed by atoms with van der Waals surface area (Å²) in [5.74, 6) is 1.01. The molecule has 0 aliphatic carbocycles. The third-order valence-corrected chi connectivity index (χ3v) is 4.40. The number of aryl methyl sites for hydroxylation is 1. The van der Waals surface area contributed by atoms with E-state index in [2.05, 4.69) is 29.7 Å². The fraction of sp³-hybridized carbons (Fsp3) is 0.667. The summed E-state index contributed by atoms with van der Waals surface area (Å²) in [6.07, 6.45) is 1.08. The van der Waals surface area contributed by atoms with Crippen LogP contribution in [0.15, 0.2) is 24.3 Å². The van der Waals surface area contributed by atoms with Gasteiger partial charge in [0.2, 0.25) is 0 Å². The summed E-state index contributed by atoms with van der Waals surface area (Å²) >= 11 is 0. The highest BCUT2D eigenvalue weighted by Crippen LogP contribution is 2.16. The van der Waals surface area contributed by atoms with Gasteiger partial charge in [-0.05, 0) is 31.9 Å². The zero-order chi connectivity index (χ0) is 15.8. The maximum atomic E-state index is 5.88. The molecule has 2 rings (SSSR count). The molecule has 1 aromatic rings. The maximum absolute atomic E-state index is 5.88. The predicted octanol–water partition coefficient (Wildman–Crippen LogP) is 2.42. The second-order valence-corrected chi connectivity index (χ2v) is 6.15. The number of hydrogen-bond acceptors (Lipinski definition) is 4. The van der Waals surface area contributed by atoms with Crippen molar-refractivity contribution in [2.24, 2.45) is 0 Å². The van der Waals surface area contributed by atoms with Crippen LogP contribution in [-0.2, 0) is 4.74 Å². The number of nitrogens with zero attached hydrogens (tertiary/aromatic N) is 2. The van der Waals surface area contributed by atoms with E-state index in [9.17, 15) is 0 Å². The first-order valence-electron chi connectivity index (χ1n) is 8.34. The molecule has 1 heterocycles. The predicted molar refractivity (Wildman–Crippen MR) is 90.6 cm³/mol. The molecule has 0 bridgehead atoms. The zero-order valence-electron chi connectivity index (χ0n) is 14.3. The molecule has 4 nitrogen and oxygen atoms in total. The van der Waals surface area contributed by atoms with Crippen LogP contribution >= 0.6 is 0 Å². The van der Waals surface area contributed by atoms with Gasteiger partial charge in [0, 0.05) is 45.9 Å². The van der Waals surface area contributed by atoms with E-state index in [1.54, 1.807) is 7.11 Å². The van der Waals surface area contributed by atoms with Gasteiger partial charge in [0.15, 0.2) is 0 Å². The lowest BCUT2D eigenvalue weighted by Gasteiger charge is -2.39. The van der Waals surface area contributed by atoms with E-state index >= 15 is 0 Å². The van der Waals surface area contributed by atoms with Crippen molar-refractivity contribution in [2.75, 3.05) is 53.0 Å². The summed E-state index contributed by atoms with van der Waals surface area (Å²) in [7, 11) is 1.77. The largest absolute Gasteiger partial charge is 0.493 e. The van der Waals surface area contributed by atoms with Crippen LogP contribution in [0.5, 0.6) is 5.75 Å². The number of ether oxygens (including phenoxy) is 2. The monoisotopic (exact) mass is 306 g/mol. The molecule has 1 aliphatic heterocycles. The molecule has 124 valence electrons. The number of piperazine rings is 1. The number of benzene rings is 1. The Bertz CT molecular complexity index is 439. The lowest BCUT2D eigenvalue weighted by molar-refractivity contribution is 0.0569. The Morgan fingerprint density at radius 2 is 1.95 bits per heavy atom. The summed E-state index contributed by atoms with van der Waals surface area (Å²) in [5, 5.41) is 0. The molecule has 1 aromatic carbocycles. The van der Waals surface area contributed by atoms with Crippen molar-refractivity contribution >= 4 is 0 Å². The standard InChI is InChI=1S/C18H30N2O2/c1-16-7-4-5-8-18(16)22-13-6-9-19-10-11-20(12-14-21-3)17(2)15-19/h4-5,7-8,17H,6,9-15H2,1-3H3/t17-/m0/s1. The molecule has 1 aliphatic rings. The van der Waals surface area contributed by atoms with Gasteiger partial charge < -0.3 is 14.4 Å². The van der Waals surface area contributed by atoms with Gasteiger partial charge in [-0.2, -0.15) is 0 Å². The summed E-state index contributed by atoms with van der Waals surface area (Å²) < 4.78 is 11.1. The Morgan fingerprint density at radius 1 is 1.14 bits per heavy atom. The fourth-order valence-electron chi connectivity index (χ4n) is 3.00. The molecule has 0 N–H and O–H groups in total. The van der Waals surface area contributed by atoms with Crippen LogP contribution in [0.25, 0.3) is 0 Å². The lowest BCUT2D eigenvalue weighted by Crippen LogP contribution is -2.52. The van der Waals surface area contributed by atoms with Gasteiger partial charge in [0.25, 0.3) is 0 Å². The molecule has 0 saturated carbocycles. The van der Waals surface area contributed by atoms with E-state index in [1.807, 2.05) is 18.2 Å². The number of para-hydroxylation sites is 1. The molecular formula is C18H30N2O2. The minimum absolute atomic E-state index is 0.612. The first-order valence-corrected chi connectivity index (χ1v) is 8.34. The zero-order valence-corrected chi connectivity index (χ0v) is 14.3. The van der Waals surface area contributed by atoms with Crippen molar-refractivity contribution in [3.05, 3.63) is 29.8 Å². The number of methoxy groups -OCH3 is 1. The first-order chi connectivity index (χ1) is 10.7. The average Bonchev–Trinajstić information content (AvgIpc) is 2.52. The van der Waals surface area contributed by atoms with Gasteiger partial charge >= 0.3 is 0 Å². The van der Waals surface area contributed by atoms with Gasteiger partial charge in [0.1, 0.15) is 5.75 Å². The van der Waals surface area contributed by atoms with E-state index in [-0.39, 0.29) is 0 Å². The van der Waals surface area contributed by atoms with E-state index in [1.165, 1.54) is 5.56 Å². The SMILES string of the molecule is COCCN1CCN(CCCOc2ccccc2C)C[C@@H]1C. The van der Waals surface area contributed by atoms with Gasteiger partial charge in [-0.1, -0.05) is 18.2 Å². The molecule has 0 unspecified atom stereocenters. The molecule has 0 amide bonds. The fourth-order valence-corrected chi connectivity index (χ4v) is 3.00. The Morgan fingerprint density at radius 3 is 2.68 bits per heavy atom. The van der Waals surface area contributed by atoms with Crippen LogP contribution in [0, 0.1) is 6.92 Å². The molecule has 1 fully saturated rings. The smallest absolute Gasteiger partial charge is 0.122 e. The summed E-state index contributed by atoms with van der Waals surface area (Å²) in [6.45, 7) is 11.6. The van der Waals surface area contributed by atoms with Crippen molar-refractivity contribution in [3.8, 4) is 5.75 Å². The van der Waals surface area contributed by atoms with Crippen molar-refractivity contribution in [1.82, 2.24) is 9.80 Å². The van der Waals surface area contributed by atoms with Crippen LogP contribution in [0.4, 0.5) is 0 Å². The topological polar surface area (TPSA) is 24.9 Å². The molecular weight excluding hydrogens is 276 g/mol. The second-order valence-electron chi connectivity index (χ2n) is 6.15. The molecule has 0 radical (unpaired) electrons. The van der Waals surface area contributed by atoms with Gasteiger partial charge in [-0.3, -0.25) is 4.90 Å². The van der Waals surface area contributed by atoms with E-state index in [0.29, 0.717) is 6.04 Å². The highest BCUT2D eigenvalue weighted by atomic mass is 16.5. The summed E-state index contributed by atoms with van der Waals surface area (Å²) in [5.41, 5.74) is 1.21. The quantitative estimate of drug-likeness (QED) is 0.689.